The summed E-state index contributed by atoms with van der Waals surface area (Å²) in [6.45, 7) is 5.21. The van der Waals surface area contributed by atoms with Crippen molar-refractivity contribution in [3.63, 3.8) is 0 Å². The van der Waals surface area contributed by atoms with E-state index in [0.717, 1.165) is 31.9 Å². The molecule has 0 radical (unpaired) electrons. The zero-order valence-electron chi connectivity index (χ0n) is 18.8. The van der Waals surface area contributed by atoms with E-state index in [0.29, 0.717) is 19.5 Å². The summed E-state index contributed by atoms with van der Waals surface area (Å²) in [4.78, 5) is 21.5. The first-order valence-electron chi connectivity index (χ1n) is 11.0. The van der Waals surface area contributed by atoms with Crippen LogP contribution in [0, 0.1) is 6.92 Å². The van der Waals surface area contributed by atoms with Crippen LogP contribution in [-0.2, 0) is 24.3 Å². The van der Waals surface area contributed by atoms with Gasteiger partial charge in [-0.3, -0.25) is 9.79 Å². The van der Waals surface area contributed by atoms with Gasteiger partial charge in [0.2, 0.25) is 5.91 Å². The molecule has 1 aliphatic heterocycles. The van der Waals surface area contributed by atoms with Gasteiger partial charge in [0.15, 0.2) is 5.96 Å². The van der Waals surface area contributed by atoms with Gasteiger partial charge in [0.25, 0.3) is 0 Å². The summed E-state index contributed by atoms with van der Waals surface area (Å²) in [5, 5.41) is 8.13. The monoisotopic (exact) mass is 545 g/mol. The number of hydrogen-bond acceptors (Lipinski definition) is 2. The van der Waals surface area contributed by atoms with Crippen molar-refractivity contribution in [3.05, 3.63) is 70.9 Å². The summed E-state index contributed by atoms with van der Waals surface area (Å²) < 4.78 is 0. The molecule has 32 heavy (non-hydrogen) atoms. The summed E-state index contributed by atoms with van der Waals surface area (Å²) >= 11 is 0. The smallest absolute Gasteiger partial charge is 0.222 e. The standard InChI is InChI=1S/C25H31N5O.HI/c1-18-6-3-9-22-24(18)21(16-28-22)11-12-27-25(26-2)29-15-19-7-4-8-20(14-19)17-30-13-5-10-23(30)31;/h3-4,6-9,14,16,28H,5,10-13,15,17H2,1-2H3,(H2,26,27,29);1H. The van der Waals surface area contributed by atoms with Crippen LogP contribution in [0.5, 0.6) is 0 Å². The molecule has 0 unspecified atom stereocenters. The maximum Gasteiger partial charge on any atom is 0.222 e. The number of carbonyl (C=O) groups excluding carboxylic acids is 1. The number of aliphatic imine (C=N–C) groups is 1. The Morgan fingerprint density at radius 2 is 1.97 bits per heavy atom. The van der Waals surface area contributed by atoms with E-state index in [9.17, 15) is 4.79 Å². The van der Waals surface area contributed by atoms with Crippen LogP contribution >= 0.6 is 24.0 Å². The Labute approximate surface area is 206 Å². The number of nitrogens with zero attached hydrogens (tertiary/aromatic N) is 2. The molecule has 3 aromatic rings. The Kier molecular flexibility index (Phi) is 8.55. The summed E-state index contributed by atoms with van der Waals surface area (Å²) in [5.74, 6) is 1.05. The Balaban J connectivity index is 0.00000289. The third-order valence-electron chi connectivity index (χ3n) is 5.90. The second-order valence-electron chi connectivity index (χ2n) is 8.15. The Morgan fingerprint density at radius 3 is 2.75 bits per heavy atom. The molecule has 1 saturated heterocycles. The van der Waals surface area contributed by atoms with Crippen LogP contribution in [0.25, 0.3) is 10.9 Å². The molecule has 1 aliphatic rings. The van der Waals surface area contributed by atoms with Crippen molar-refractivity contribution in [2.75, 3.05) is 20.1 Å². The van der Waals surface area contributed by atoms with Gasteiger partial charge in [-0.2, -0.15) is 0 Å². The predicted molar refractivity (Wildman–Crippen MR) is 141 cm³/mol. The van der Waals surface area contributed by atoms with Crippen LogP contribution < -0.4 is 10.6 Å². The lowest BCUT2D eigenvalue weighted by Gasteiger charge is -2.16. The molecule has 0 spiro atoms. The first kappa shape index (κ1) is 24.1. The van der Waals surface area contributed by atoms with Crippen molar-refractivity contribution in [2.45, 2.75) is 39.3 Å². The molecule has 1 fully saturated rings. The molecule has 7 heteroatoms. The van der Waals surface area contributed by atoms with Gasteiger partial charge in [0.05, 0.1) is 0 Å². The number of fused-ring (bicyclic) bond motifs is 1. The van der Waals surface area contributed by atoms with Gasteiger partial charge in [-0.1, -0.05) is 36.4 Å². The van der Waals surface area contributed by atoms with Gasteiger partial charge in [0.1, 0.15) is 0 Å². The average molecular weight is 545 g/mol. The van der Waals surface area contributed by atoms with Crippen molar-refractivity contribution in [1.29, 1.82) is 0 Å². The maximum atomic E-state index is 11.9. The lowest BCUT2D eigenvalue weighted by atomic mass is 10.1. The van der Waals surface area contributed by atoms with Crippen LogP contribution in [0.4, 0.5) is 0 Å². The summed E-state index contributed by atoms with van der Waals surface area (Å²) in [6, 6.07) is 14.8. The number of H-pyrrole nitrogens is 1. The van der Waals surface area contributed by atoms with E-state index in [4.69, 9.17) is 0 Å². The first-order chi connectivity index (χ1) is 15.1. The van der Waals surface area contributed by atoms with Gasteiger partial charge >= 0.3 is 0 Å². The summed E-state index contributed by atoms with van der Waals surface area (Å²) in [5.41, 5.74) is 6.16. The van der Waals surface area contributed by atoms with Gasteiger partial charge in [-0.15, -0.1) is 24.0 Å². The Morgan fingerprint density at radius 1 is 1.16 bits per heavy atom. The molecule has 0 atom stereocenters. The fourth-order valence-electron chi connectivity index (χ4n) is 4.30. The fraction of sp³-hybridized carbons (Fsp3) is 0.360. The molecule has 0 aliphatic carbocycles. The second-order valence-corrected chi connectivity index (χ2v) is 8.15. The number of rotatable bonds is 7. The molecule has 2 aromatic carbocycles. The van der Waals surface area contributed by atoms with Crippen molar-refractivity contribution < 1.29 is 4.79 Å². The summed E-state index contributed by atoms with van der Waals surface area (Å²) in [7, 11) is 1.79. The topological polar surface area (TPSA) is 72.5 Å². The molecule has 0 bridgehead atoms. The minimum atomic E-state index is 0. The Hall–Kier alpha value is -2.55. The lowest BCUT2D eigenvalue weighted by molar-refractivity contribution is -0.128. The van der Waals surface area contributed by atoms with Gasteiger partial charge in [-0.05, 0) is 48.1 Å². The molecule has 0 saturated carbocycles. The number of aromatic amines is 1. The van der Waals surface area contributed by atoms with E-state index in [-0.39, 0.29) is 29.9 Å². The molecule has 2 heterocycles. The molecule has 1 aromatic heterocycles. The summed E-state index contributed by atoms with van der Waals surface area (Å²) in [6.07, 6.45) is 4.68. The van der Waals surface area contributed by atoms with E-state index < -0.39 is 0 Å². The number of aryl methyl sites for hydroxylation is 1. The largest absolute Gasteiger partial charge is 0.361 e. The van der Waals surface area contributed by atoms with Crippen molar-refractivity contribution in [1.82, 2.24) is 20.5 Å². The van der Waals surface area contributed by atoms with Crippen molar-refractivity contribution in [3.8, 4) is 0 Å². The van der Waals surface area contributed by atoms with E-state index >= 15 is 0 Å². The number of aromatic nitrogens is 1. The number of likely N-dealkylation sites (tertiary alicyclic amines) is 1. The minimum Gasteiger partial charge on any atom is -0.361 e. The third kappa shape index (κ3) is 5.82. The van der Waals surface area contributed by atoms with Crippen LogP contribution in [0.15, 0.2) is 53.7 Å². The Bertz CT molecular complexity index is 1090. The quantitative estimate of drug-likeness (QED) is 0.238. The number of nitrogens with one attached hydrogen (secondary N) is 3. The van der Waals surface area contributed by atoms with Gasteiger partial charge < -0.3 is 20.5 Å². The normalized spacial score (nSPS) is 14.0. The highest BCUT2D eigenvalue weighted by molar-refractivity contribution is 14.0. The number of guanidine groups is 1. The number of hydrogen-bond donors (Lipinski definition) is 3. The van der Waals surface area contributed by atoms with E-state index in [1.807, 2.05) is 4.90 Å². The highest BCUT2D eigenvalue weighted by atomic mass is 127. The van der Waals surface area contributed by atoms with Gasteiger partial charge in [-0.25, -0.2) is 0 Å². The number of halogens is 1. The average Bonchev–Trinajstić information content (AvgIpc) is 3.38. The van der Waals surface area contributed by atoms with Gasteiger partial charge in [0, 0.05) is 56.7 Å². The molecule has 4 rings (SSSR count). The second kappa shape index (κ2) is 11.4. The van der Waals surface area contributed by atoms with Crippen LogP contribution in [0.3, 0.4) is 0 Å². The van der Waals surface area contributed by atoms with Crippen LogP contribution in [0.1, 0.15) is 35.1 Å². The minimum absolute atomic E-state index is 0. The SMILES string of the molecule is CN=C(NCCc1c[nH]c2cccc(C)c12)NCc1cccc(CN2CCCC2=O)c1.I. The molecule has 170 valence electrons. The zero-order chi connectivity index (χ0) is 21.6. The number of benzene rings is 2. The van der Waals surface area contributed by atoms with E-state index in [1.54, 1.807) is 7.05 Å². The fourth-order valence-corrected chi connectivity index (χ4v) is 4.30. The predicted octanol–water partition coefficient (Wildman–Crippen LogP) is 4.12. The molecule has 1 amide bonds. The molecular formula is C25H32IN5O. The first-order valence-corrected chi connectivity index (χ1v) is 11.0. The molecule has 6 nitrogen and oxygen atoms in total. The number of carbonyl (C=O) groups is 1. The highest BCUT2D eigenvalue weighted by Gasteiger charge is 2.19. The van der Waals surface area contributed by atoms with E-state index in [2.05, 4.69) is 76.2 Å². The van der Waals surface area contributed by atoms with Crippen LogP contribution in [-0.4, -0.2) is 41.9 Å². The lowest BCUT2D eigenvalue weighted by Crippen LogP contribution is -2.37. The molecule has 3 N–H and O–H groups in total. The van der Waals surface area contributed by atoms with Crippen molar-refractivity contribution >= 4 is 46.7 Å². The zero-order valence-corrected chi connectivity index (χ0v) is 21.1. The highest BCUT2D eigenvalue weighted by Crippen LogP contribution is 2.22. The van der Waals surface area contributed by atoms with Crippen molar-refractivity contribution in [2.24, 2.45) is 4.99 Å². The van der Waals surface area contributed by atoms with E-state index in [1.165, 1.54) is 33.2 Å². The third-order valence-corrected chi connectivity index (χ3v) is 5.90. The maximum absolute atomic E-state index is 11.9. The number of amides is 1. The molecular weight excluding hydrogens is 513 g/mol. The van der Waals surface area contributed by atoms with Crippen LogP contribution in [0.2, 0.25) is 0 Å².